The zero-order chi connectivity index (χ0) is 16.1. The zero-order valence-corrected chi connectivity index (χ0v) is 12.5. The summed E-state index contributed by atoms with van der Waals surface area (Å²) < 4.78 is 9.84. The summed E-state index contributed by atoms with van der Waals surface area (Å²) >= 11 is 0. The van der Waals surface area contributed by atoms with Crippen molar-refractivity contribution in [3.63, 3.8) is 0 Å². The molecule has 0 bridgehead atoms. The van der Waals surface area contributed by atoms with Gasteiger partial charge in [0, 0.05) is 18.3 Å². The number of nitrogens with zero attached hydrogens (tertiary/aromatic N) is 1. The normalized spacial score (nSPS) is 14.3. The number of amides is 1. The minimum absolute atomic E-state index is 0.109. The van der Waals surface area contributed by atoms with Gasteiger partial charge in [0.05, 0.1) is 32.9 Å². The number of anilines is 1. The summed E-state index contributed by atoms with van der Waals surface area (Å²) in [7, 11) is 2.81. The van der Waals surface area contributed by atoms with Crippen LogP contribution >= 0.6 is 0 Å². The molecule has 0 saturated carbocycles. The topological polar surface area (TPSA) is 88.1 Å². The molecule has 2 rings (SSSR count). The lowest BCUT2D eigenvalue weighted by Gasteiger charge is -2.15. The number of hydrogen-bond acceptors (Lipinski definition) is 6. The Morgan fingerprint density at radius 2 is 2.18 bits per heavy atom. The van der Waals surface area contributed by atoms with E-state index in [9.17, 15) is 9.59 Å². The second kappa shape index (κ2) is 6.95. The van der Waals surface area contributed by atoms with Crippen molar-refractivity contribution in [1.29, 1.82) is 0 Å². The van der Waals surface area contributed by atoms with Crippen LogP contribution in [-0.2, 0) is 14.3 Å². The van der Waals surface area contributed by atoms with Gasteiger partial charge in [-0.05, 0) is 12.1 Å². The maximum atomic E-state index is 12.3. The molecule has 118 valence electrons. The number of carbonyl (C=O) groups is 2. The lowest BCUT2D eigenvalue weighted by atomic mass is 10.2. The van der Waals surface area contributed by atoms with Crippen LogP contribution in [0.25, 0.3) is 0 Å². The third kappa shape index (κ3) is 3.20. The molecular formula is C15H18N2O5. The van der Waals surface area contributed by atoms with Crippen LogP contribution in [0.2, 0.25) is 0 Å². The molecule has 0 aliphatic carbocycles. The summed E-state index contributed by atoms with van der Waals surface area (Å²) in [5, 5.41) is 12.0. The number of nitrogens with one attached hydrogen (secondary N) is 1. The number of benzene rings is 1. The number of esters is 1. The molecule has 22 heavy (non-hydrogen) atoms. The molecule has 1 aliphatic rings. The van der Waals surface area contributed by atoms with Crippen LogP contribution < -0.4 is 10.1 Å². The second-order valence-corrected chi connectivity index (χ2v) is 4.65. The molecule has 7 heteroatoms. The van der Waals surface area contributed by atoms with Crippen molar-refractivity contribution >= 4 is 17.6 Å². The number of β-amino-alcohol motifs (C(OH)–C–C–N with tert-alkyl or cyclic N) is 1. The van der Waals surface area contributed by atoms with E-state index in [1.54, 1.807) is 31.4 Å². The van der Waals surface area contributed by atoms with Gasteiger partial charge in [0.1, 0.15) is 11.4 Å². The predicted molar refractivity (Wildman–Crippen MR) is 79.3 cm³/mol. The predicted octanol–water partition coefficient (Wildman–Crippen LogP) is 0.369. The quantitative estimate of drug-likeness (QED) is 0.738. The van der Waals surface area contributed by atoms with E-state index in [0.717, 1.165) is 0 Å². The van der Waals surface area contributed by atoms with Gasteiger partial charge in [-0.15, -0.1) is 0 Å². The average molecular weight is 306 g/mol. The molecule has 0 spiro atoms. The summed E-state index contributed by atoms with van der Waals surface area (Å²) in [4.78, 5) is 25.6. The number of ether oxygens (including phenoxy) is 2. The highest BCUT2D eigenvalue weighted by Crippen LogP contribution is 2.24. The van der Waals surface area contributed by atoms with E-state index in [4.69, 9.17) is 14.6 Å². The highest BCUT2D eigenvalue weighted by atomic mass is 16.5. The summed E-state index contributed by atoms with van der Waals surface area (Å²) in [5.41, 5.74) is 1.02. The molecule has 0 saturated heterocycles. The smallest absolute Gasteiger partial charge is 0.337 e. The Kier molecular flexibility index (Phi) is 5.00. The Balaban J connectivity index is 2.30. The van der Waals surface area contributed by atoms with Crippen LogP contribution in [-0.4, -0.2) is 55.8 Å². The number of carbonyl (C=O) groups excluding carboxylic acids is 2. The maximum Gasteiger partial charge on any atom is 0.337 e. The summed E-state index contributed by atoms with van der Waals surface area (Å²) in [6, 6.07) is 7.01. The SMILES string of the molecule is COC(=O)C1=C(Nc2cccc(OC)c2)C(=O)N(CCO)C1. The third-order valence-corrected chi connectivity index (χ3v) is 3.29. The molecule has 7 nitrogen and oxygen atoms in total. The maximum absolute atomic E-state index is 12.3. The van der Waals surface area contributed by atoms with E-state index in [1.807, 2.05) is 0 Å². The fraction of sp³-hybridized carbons (Fsp3) is 0.333. The summed E-state index contributed by atoms with van der Waals surface area (Å²) in [6.45, 7) is 0.0909. The first-order valence-electron chi connectivity index (χ1n) is 6.73. The number of aliphatic hydroxyl groups excluding tert-OH is 1. The molecular weight excluding hydrogens is 288 g/mol. The minimum atomic E-state index is -0.570. The third-order valence-electron chi connectivity index (χ3n) is 3.29. The first kappa shape index (κ1) is 15.8. The monoisotopic (exact) mass is 306 g/mol. The van der Waals surface area contributed by atoms with E-state index in [2.05, 4.69) is 5.32 Å². The van der Waals surface area contributed by atoms with Crippen LogP contribution in [0.15, 0.2) is 35.5 Å². The van der Waals surface area contributed by atoms with Gasteiger partial charge >= 0.3 is 5.97 Å². The molecule has 1 amide bonds. The van der Waals surface area contributed by atoms with Crippen molar-refractivity contribution in [3.05, 3.63) is 35.5 Å². The first-order chi connectivity index (χ1) is 10.6. The van der Waals surface area contributed by atoms with Gasteiger partial charge in [-0.2, -0.15) is 0 Å². The fourth-order valence-electron chi connectivity index (χ4n) is 2.19. The van der Waals surface area contributed by atoms with Crippen molar-refractivity contribution in [2.45, 2.75) is 0 Å². The van der Waals surface area contributed by atoms with Crippen LogP contribution in [0, 0.1) is 0 Å². The lowest BCUT2D eigenvalue weighted by Crippen LogP contribution is -2.31. The number of rotatable bonds is 6. The number of hydrogen-bond donors (Lipinski definition) is 2. The largest absolute Gasteiger partial charge is 0.497 e. The number of aliphatic hydroxyl groups is 1. The zero-order valence-electron chi connectivity index (χ0n) is 12.5. The number of methoxy groups -OCH3 is 2. The Hall–Kier alpha value is -2.54. The highest BCUT2D eigenvalue weighted by molar-refractivity contribution is 6.08. The van der Waals surface area contributed by atoms with Crippen molar-refractivity contribution in [2.24, 2.45) is 0 Å². The average Bonchev–Trinajstić information content (AvgIpc) is 2.84. The van der Waals surface area contributed by atoms with Gasteiger partial charge in [-0.3, -0.25) is 4.79 Å². The molecule has 0 radical (unpaired) electrons. The Labute approximate surface area is 128 Å². The Morgan fingerprint density at radius 1 is 1.41 bits per heavy atom. The van der Waals surface area contributed by atoms with E-state index >= 15 is 0 Å². The van der Waals surface area contributed by atoms with Crippen LogP contribution in [0.3, 0.4) is 0 Å². The van der Waals surface area contributed by atoms with Crippen molar-refractivity contribution in [1.82, 2.24) is 4.90 Å². The molecule has 1 heterocycles. The molecule has 1 aromatic rings. The van der Waals surface area contributed by atoms with Crippen LogP contribution in [0.5, 0.6) is 5.75 Å². The molecule has 1 aromatic carbocycles. The fourth-order valence-corrected chi connectivity index (χ4v) is 2.19. The van der Waals surface area contributed by atoms with Crippen molar-refractivity contribution in [2.75, 3.05) is 39.2 Å². The van der Waals surface area contributed by atoms with Gasteiger partial charge in [0.15, 0.2) is 0 Å². The molecule has 0 fully saturated rings. The van der Waals surface area contributed by atoms with Crippen LogP contribution in [0.4, 0.5) is 5.69 Å². The van der Waals surface area contributed by atoms with Gasteiger partial charge in [0.25, 0.3) is 5.91 Å². The Bertz CT molecular complexity index is 612. The van der Waals surface area contributed by atoms with Gasteiger partial charge in [-0.25, -0.2) is 4.79 Å². The lowest BCUT2D eigenvalue weighted by molar-refractivity contribution is -0.136. The van der Waals surface area contributed by atoms with Crippen LogP contribution in [0.1, 0.15) is 0 Å². The van der Waals surface area contributed by atoms with Gasteiger partial charge < -0.3 is 24.8 Å². The van der Waals surface area contributed by atoms with Gasteiger partial charge in [-0.1, -0.05) is 6.07 Å². The molecule has 2 N–H and O–H groups in total. The second-order valence-electron chi connectivity index (χ2n) is 4.65. The van der Waals surface area contributed by atoms with E-state index in [0.29, 0.717) is 11.4 Å². The Morgan fingerprint density at radius 3 is 2.82 bits per heavy atom. The van der Waals surface area contributed by atoms with Gasteiger partial charge in [0.2, 0.25) is 0 Å². The standard InChI is InChI=1S/C15H18N2O5/c1-21-11-5-3-4-10(8-11)16-13-12(15(20)22-2)9-17(6-7-18)14(13)19/h3-5,8,16,18H,6-7,9H2,1-2H3. The highest BCUT2D eigenvalue weighted by Gasteiger charge is 2.34. The van der Waals surface area contributed by atoms with E-state index < -0.39 is 5.97 Å². The van der Waals surface area contributed by atoms with Crippen molar-refractivity contribution in [3.8, 4) is 5.75 Å². The molecule has 1 aliphatic heterocycles. The van der Waals surface area contributed by atoms with E-state index in [1.165, 1.54) is 12.0 Å². The molecule has 0 unspecified atom stereocenters. The minimum Gasteiger partial charge on any atom is -0.497 e. The molecule has 0 atom stereocenters. The molecule has 0 aromatic heterocycles. The van der Waals surface area contributed by atoms with E-state index in [-0.39, 0.29) is 36.9 Å². The van der Waals surface area contributed by atoms with Crippen molar-refractivity contribution < 1.29 is 24.2 Å². The summed E-state index contributed by atoms with van der Waals surface area (Å²) in [6.07, 6.45) is 0. The summed E-state index contributed by atoms with van der Waals surface area (Å²) in [5.74, 6) is -0.292. The first-order valence-corrected chi connectivity index (χ1v) is 6.73.